The van der Waals surface area contributed by atoms with Crippen molar-refractivity contribution in [1.29, 1.82) is 0 Å². The summed E-state index contributed by atoms with van der Waals surface area (Å²) in [5.74, 6) is -1.75. The fourth-order valence-corrected chi connectivity index (χ4v) is 2.31. The Balaban J connectivity index is 2.05. The molecule has 1 amide bonds. The smallest absolute Gasteiger partial charge is 0.350 e. The van der Waals surface area contributed by atoms with Crippen molar-refractivity contribution in [3.05, 3.63) is 10.8 Å². The maximum atomic E-state index is 12.6. The standard InChI is InChI=1S/C10H13F3N6OS/c1-18(2)5-3-4-14-6(20)7-17-19-8(10(11,12)13)15-16-9(19)21-7/h3-5H2,1-2H3,(H,14,20). The molecule has 2 aromatic heterocycles. The molecule has 116 valence electrons. The number of aromatic nitrogens is 4. The fourth-order valence-electron chi connectivity index (χ4n) is 1.56. The molecule has 21 heavy (non-hydrogen) atoms. The first-order valence-electron chi connectivity index (χ1n) is 6.01. The molecule has 0 saturated carbocycles. The van der Waals surface area contributed by atoms with E-state index in [4.69, 9.17) is 0 Å². The van der Waals surface area contributed by atoms with Crippen LogP contribution in [0.4, 0.5) is 13.2 Å². The van der Waals surface area contributed by atoms with Gasteiger partial charge in [-0.25, -0.2) is 0 Å². The molecule has 2 heterocycles. The van der Waals surface area contributed by atoms with Crippen molar-refractivity contribution in [2.75, 3.05) is 27.2 Å². The number of carbonyl (C=O) groups is 1. The second-order valence-corrected chi connectivity index (χ2v) is 5.49. The van der Waals surface area contributed by atoms with Crippen molar-refractivity contribution < 1.29 is 18.0 Å². The van der Waals surface area contributed by atoms with Crippen LogP contribution in [-0.4, -0.2) is 57.8 Å². The maximum Gasteiger partial charge on any atom is 0.453 e. The minimum absolute atomic E-state index is 0.0687. The Morgan fingerprint density at radius 2 is 2.10 bits per heavy atom. The van der Waals surface area contributed by atoms with Crippen LogP contribution in [0.3, 0.4) is 0 Å². The molecule has 0 aliphatic carbocycles. The highest BCUT2D eigenvalue weighted by Crippen LogP contribution is 2.28. The van der Waals surface area contributed by atoms with E-state index in [2.05, 4.69) is 20.6 Å². The Labute approximate surface area is 121 Å². The number of nitrogens with one attached hydrogen (secondary N) is 1. The maximum absolute atomic E-state index is 12.6. The van der Waals surface area contributed by atoms with E-state index in [1.807, 2.05) is 19.0 Å². The summed E-state index contributed by atoms with van der Waals surface area (Å²) < 4.78 is 38.4. The van der Waals surface area contributed by atoms with Gasteiger partial charge < -0.3 is 10.2 Å². The summed E-state index contributed by atoms with van der Waals surface area (Å²) in [5, 5.41) is 12.5. The lowest BCUT2D eigenvalue weighted by molar-refractivity contribution is -0.146. The van der Waals surface area contributed by atoms with E-state index in [9.17, 15) is 18.0 Å². The predicted molar refractivity (Wildman–Crippen MR) is 69.2 cm³/mol. The van der Waals surface area contributed by atoms with E-state index in [-0.39, 0.29) is 9.97 Å². The van der Waals surface area contributed by atoms with E-state index in [1.165, 1.54) is 0 Å². The van der Waals surface area contributed by atoms with Crippen LogP contribution in [0.5, 0.6) is 0 Å². The number of nitrogens with zero attached hydrogens (tertiary/aromatic N) is 5. The monoisotopic (exact) mass is 322 g/mol. The second kappa shape index (κ2) is 5.93. The van der Waals surface area contributed by atoms with E-state index < -0.39 is 17.9 Å². The van der Waals surface area contributed by atoms with Gasteiger partial charge in [0.05, 0.1) is 0 Å². The topological polar surface area (TPSA) is 75.4 Å². The molecule has 0 saturated heterocycles. The first kappa shape index (κ1) is 15.6. The van der Waals surface area contributed by atoms with Crippen LogP contribution >= 0.6 is 11.3 Å². The summed E-state index contributed by atoms with van der Waals surface area (Å²) in [4.78, 5) is 13.7. The van der Waals surface area contributed by atoms with Gasteiger partial charge in [0, 0.05) is 6.54 Å². The van der Waals surface area contributed by atoms with Crippen molar-refractivity contribution in [3.8, 4) is 0 Å². The number of carbonyl (C=O) groups excluding carboxylic acids is 1. The van der Waals surface area contributed by atoms with E-state index in [0.29, 0.717) is 11.1 Å². The Kier molecular flexibility index (Phi) is 4.42. The average Bonchev–Trinajstić information content (AvgIpc) is 2.91. The molecule has 0 aromatic carbocycles. The van der Waals surface area contributed by atoms with Crippen molar-refractivity contribution in [2.45, 2.75) is 12.6 Å². The summed E-state index contributed by atoms with van der Waals surface area (Å²) in [6, 6.07) is 0. The van der Waals surface area contributed by atoms with Gasteiger partial charge in [-0.3, -0.25) is 4.79 Å². The molecular formula is C10H13F3N6OS. The van der Waals surface area contributed by atoms with Crippen LogP contribution in [0.25, 0.3) is 4.96 Å². The molecule has 0 spiro atoms. The van der Waals surface area contributed by atoms with Gasteiger partial charge in [0.15, 0.2) is 0 Å². The molecule has 0 fully saturated rings. The van der Waals surface area contributed by atoms with Gasteiger partial charge >= 0.3 is 6.18 Å². The van der Waals surface area contributed by atoms with Crippen molar-refractivity contribution >= 4 is 22.2 Å². The molecule has 0 aliphatic rings. The molecule has 7 nitrogen and oxygen atoms in total. The molecule has 0 unspecified atom stereocenters. The summed E-state index contributed by atoms with van der Waals surface area (Å²) in [7, 11) is 3.81. The van der Waals surface area contributed by atoms with Crippen LogP contribution < -0.4 is 5.32 Å². The number of amides is 1. The van der Waals surface area contributed by atoms with Crippen LogP contribution in [-0.2, 0) is 6.18 Å². The fraction of sp³-hybridized carbons (Fsp3) is 0.600. The van der Waals surface area contributed by atoms with Gasteiger partial charge in [-0.15, -0.1) is 15.3 Å². The summed E-state index contributed by atoms with van der Waals surface area (Å²) in [6.07, 6.45) is -3.93. The zero-order valence-electron chi connectivity index (χ0n) is 11.3. The number of halogens is 3. The van der Waals surface area contributed by atoms with Gasteiger partial charge in [-0.1, -0.05) is 11.3 Å². The molecule has 0 atom stereocenters. The lowest BCUT2D eigenvalue weighted by atomic mass is 10.4. The van der Waals surface area contributed by atoms with Gasteiger partial charge in [0.1, 0.15) is 0 Å². The largest absolute Gasteiger partial charge is 0.453 e. The van der Waals surface area contributed by atoms with Crippen LogP contribution in [0.1, 0.15) is 22.0 Å². The minimum atomic E-state index is -4.66. The van der Waals surface area contributed by atoms with E-state index in [0.717, 1.165) is 24.3 Å². The van der Waals surface area contributed by atoms with Crippen LogP contribution in [0.2, 0.25) is 0 Å². The first-order chi connectivity index (χ1) is 9.79. The Morgan fingerprint density at radius 3 is 2.71 bits per heavy atom. The van der Waals surface area contributed by atoms with Gasteiger partial charge in [0.2, 0.25) is 9.97 Å². The Morgan fingerprint density at radius 1 is 1.38 bits per heavy atom. The molecule has 2 rings (SSSR count). The van der Waals surface area contributed by atoms with Gasteiger partial charge in [-0.05, 0) is 27.1 Å². The van der Waals surface area contributed by atoms with Gasteiger partial charge in [-0.2, -0.15) is 17.7 Å². The SMILES string of the molecule is CN(C)CCCNC(=O)c1nn2c(C(F)(F)F)nnc2s1. The van der Waals surface area contributed by atoms with Crippen LogP contribution in [0.15, 0.2) is 0 Å². The normalized spacial score (nSPS) is 12.3. The molecule has 0 aliphatic heterocycles. The van der Waals surface area contributed by atoms with E-state index in [1.54, 1.807) is 0 Å². The molecule has 0 bridgehead atoms. The quantitative estimate of drug-likeness (QED) is 0.827. The number of fused-ring (bicyclic) bond motifs is 1. The Bertz CT molecular complexity index is 634. The van der Waals surface area contributed by atoms with Crippen molar-refractivity contribution in [3.63, 3.8) is 0 Å². The highest BCUT2D eigenvalue weighted by molar-refractivity contribution is 7.18. The molecular weight excluding hydrogens is 309 g/mol. The van der Waals surface area contributed by atoms with Crippen molar-refractivity contribution in [2.24, 2.45) is 0 Å². The van der Waals surface area contributed by atoms with Gasteiger partial charge in [0.25, 0.3) is 11.7 Å². The van der Waals surface area contributed by atoms with Crippen molar-refractivity contribution in [1.82, 2.24) is 30.0 Å². The average molecular weight is 322 g/mol. The number of rotatable bonds is 5. The third-order valence-corrected chi connectivity index (χ3v) is 3.40. The summed E-state index contributed by atoms with van der Waals surface area (Å²) in [6.45, 7) is 1.22. The highest BCUT2D eigenvalue weighted by atomic mass is 32.1. The minimum Gasteiger partial charge on any atom is -0.350 e. The Hall–Kier alpha value is -1.75. The van der Waals surface area contributed by atoms with E-state index >= 15 is 0 Å². The highest BCUT2D eigenvalue weighted by Gasteiger charge is 2.38. The second-order valence-electron chi connectivity index (χ2n) is 4.54. The lowest BCUT2D eigenvalue weighted by Crippen LogP contribution is -2.27. The van der Waals surface area contributed by atoms with Crippen LogP contribution in [0, 0.1) is 0 Å². The molecule has 2 aromatic rings. The summed E-state index contributed by atoms with van der Waals surface area (Å²) in [5.41, 5.74) is 0. The predicted octanol–water partition coefficient (Wildman–Crippen LogP) is 0.886. The first-order valence-corrected chi connectivity index (χ1v) is 6.83. The number of hydrogen-bond acceptors (Lipinski definition) is 6. The molecule has 11 heteroatoms. The number of alkyl halides is 3. The lowest BCUT2D eigenvalue weighted by Gasteiger charge is -2.08. The molecule has 0 radical (unpaired) electrons. The third-order valence-electron chi connectivity index (χ3n) is 2.51. The zero-order chi connectivity index (χ0) is 15.6. The molecule has 1 N–H and O–H groups in total. The number of hydrogen-bond donors (Lipinski definition) is 1. The third kappa shape index (κ3) is 3.67. The summed E-state index contributed by atoms with van der Waals surface area (Å²) >= 11 is 0.762. The zero-order valence-corrected chi connectivity index (χ0v) is 12.1.